The van der Waals surface area contributed by atoms with Gasteiger partial charge >= 0.3 is 5.97 Å². The number of carbonyl (C=O) groups is 1. The van der Waals surface area contributed by atoms with Crippen LogP contribution in [0.15, 0.2) is 54.6 Å². The number of esters is 1. The van der Waals surface area contributed by atoms with Gasteiger partial charge in [-0.3, -0.25) is 10.1 Å². The third kappa shape index (κ3) is 4.33. The van der Waals surface area contributed by atoms with Crippen LogP contribution in [0.3, 0.4) is 0 Å². The SMILES string of the molecule is CCOC(=O)c1c(-c2ccc3nsnc3c2)c2cc([N+](=O)[O-])ccc2n1Cc1cc(OC)ccc1OC. The Morgan fingerprint density at radius 1 is 1.03 bits per heavy atom. The molecule has 0 radical (unpaired) electrons. The second-order valence-corrected chi connectivity index (χ2v) is 8.66. The van der Waals surface area contributed by atoms with E-state index in [9.17, 15) is 14.9 Å². The van der Waals surface area contributed by atoms with Crippen molar-refractivity contribution in [3.05, 3.63) is 76.0 Å². The van der Waals surface area contributed by atoms with Crippen molar-refractivity contribution < 1.29 is 23.9 Å². The Hall–Kier alpha value is -4.51. The van der Waals surface area contributed by atoms with E-state index in [2.05, 4.69) is 8.75 Å². The maximum Gasteiger partial charge on any atom is 0.355 e. The molecule has 37 heavy (non-hydrogen) atoms. The fourth-order valence-corrected chi connectivity index (χ4v) is 4.96. The van der Waals surface area contributed by atoms with Crippen LogP contribution in [-0.4, -0.2) is 45.0 Å². The number of nitro benzene ring substituents is 1. The summed E-state index contributed by atoms with van der Waals surface area (Å²) in [6.07, 6.45) is 0. The zero-order valence-electron chi connectivity index (χ0n) is 20.3. The van der Waals surface area contributed by atoms with E-state index in [-0.39, 0.29) is 24.5 Å². The number of hydrogen-bond acceptors (Lipinski definition) is 9. The summed E-state index contributed by atoms with van der Waals surface area (Å²) in [5.41, 5.74) is 4.15. The number of rotatable bonds is 8. The molecule has 2 aromatic heterocycles. The molecule has 11 heteroatoms. The fraction of sp³-hybridized carbons (Fsp3) is 0.192. The number of nitrogens with zero attached hydrogens (tertiary/aromatic N) is 4. The lowest BCUT2D eigenvalue weighted by molar-refractivity contribution is -0.384. The molecule has 0 spiro atoms. The zero-order chi connectivity index (χ0) is 26.1. The lowest BCUT2D eigenvalue weighted by Gasteiger charge is -2.15. The molecule has 0 atom stereocenters. The van der Waals surface area contributed by atoms with Crippen LogP contribution >= 0.6 is 11.7 Å². The third-order valence-electron chi connectivity index (χ3n) is 6.09. The summed E-state index contributed by atoms with van der Waals surface area (Å²) in [7, 11) is 3.14. The molecule has 0 aliphatic heterocycles. The van der Waals surface area contributed by atoms with Crippen LogP contribution in [0.2, 0.25) is 0 Å². The largest absolute Gasteiger partial charge is 0.497 e. The highest BCUT2D eigenvalue weighted by molar-refractivity contribution is 7.00. The first kappa shape index (κ1) is 24.2. The summed E-state index contributed by atoms with van der Waals surface area (Å²) >= 11 is 1.09. The molecule has 5 rings (SSSR count). The highest BCUT2D eigenvalue weighted by Gasteiger charge is 2.27. The average molecular weight is 519 g/mol. The standard InChI is InChI=1S/C26H22N4O6S/c1-4-36-26(31)25-24(15-5-8-20-21(12-15)28-37-27-20)19-13-17(30(32)33)6-9-22(19)29(25)14-16-11-18(34-2)7-10-23(16)35-3/h5-13H,4,14H2,1-3H3. The Balaban J connectivity index is 1.84. The molecule has 0 N–H and O–H groups in total. The van der Waals surface area contributed by atoms with Crippen molar-refractivity contribution in [2.75, 3.05) is 20.8 Å². The summed E-state index contributed by atoms with van der Waals surface area (Å²) in [5, 5.41) is 12.2. The minimum Gasteiger partial charge on any atom is -0.497 e. The molecule has 0 unspecified atom stereocenters. The third-order valence-corrected chi connectivity index (χ3v) is 6.64. The van der Waals surface area contributed by atoms with Crippen molar-refractivity contribution in [2.45, 2.75) is 13.5 Å². The molecule has 3 aromatic carbocycles. The van der Waals surface area contributed by atoms with Gasteiger partial charge in [0.15, 0.2) is 0 Å². The molecule has 0 aliphatic carbocycles. The highest BCUT2D eigenvalue weighted by Crippen LogP contribution is 2.39. The Bertz CT molecular complexity index is 1660. The summed E-state index contributed by atoms with van der Waals surface area (Å²) in [5.74, 6) is 0.688. The molecule has 0 fully saturated rings. The Kier molecular flexibility index (Phi) is 6.45. The van der Waals surface area contributed by atoms with E-state index >= 15 is 0 Å². The zero-order valence-corrected chi connectivity index (χ0v) is 21.1. The number of benzene rings is 3. The van der Waals surface area contributed by atoms with Crippen LogP contribution in [-0.2, 0) is 11.3 Å². The van der Waals surface area contributed by atoms with Crippen molar-refractivity contribution in [2.24, 2.45) is 0 Å². The van der Waals surface area contributed by atoms with Crippen LogP contribution in [0.1, 0.15) is 23.0 Å². The first-order valence-corrected chi connectivity index (χ1v) is 12.1. The van der Waals surface area contributed by atoms with Crippen LogP contribution < -0.4 is 9.47 Å². The molecular weight excluding hydrogens is 496 g/mol. The smallest absolute Gasteiger partial charge is 0.355 e. The average Bonchev–Trinajstić information content (AvgIpc) is 3.50. The minimum atomic E-state index is -0.547. The monoisotopic (exact) mass is 518 g/mol. The summed E-state index contributed by atoms with van der Waals surface area (Å²) < 4.78 is 26.8. The van der Waals surface area contributed by atoms with E-state index in [1.807, 2.05) is 24.3 Å². The quantitative estimate of drug-likeness (QED) is 0.151. The topological polar surface area (TPSA) is 119 Å². The van der Waals surface area contributed by atoms with Gasteiger partial charge in [-0.15, -0.1) is 0 Å². The van der Waals surface area contributed by atoms with Crippen molar-refractivity contribution in [1.29, 1.82) is 0 Å². The van der Waals surface area contributed by atoms with Gasteiger partial charge in [0.2, 0.25) is 0 Å². The molecular formula is C26H22N4O6S. The molecule has 5 aromatic rings. The molecule has 0 bridgehead atoms. The molecule has 10 nitrogen and oxygen atoms in total. The van der Waals surface area contributed by atoms with Gasteiger partial charge in [-0.2, -0.15) is 8.75 Å². The van der Waals surface area contributed by atoms with E-state index in [4.69, 9.17) is 14.2 Å². The van der Waals surface area contributed by atoms with Crippen molar-refractivity contribution in [3.63, 3.8) is 0 Å². The van der Waals surface area contributed by atoms with Crippen LogP contribution in [0, 0.1) is 10.1 Å². The van der Waals surface area contributed by atoms with E-state index in [0.29, 0.717) is 39.0 Å². The summed E-state index contributed by atoms with van der Waals surface area (Å²) in [4.78, 5) is 24.7. The molecule has 0 saturated carbocycles. The number of aromatic nitrogens is 3. The van der Waals surface area contributed by atoms with Gasteiger partial charge in [-0.05, 0) is 48.9 Å². The lowest BCUT2D eigenvalue weighted by Crippen LogP contribution is -2.14. The van der Waals surface area contributed by atoms with E-state index < -0.39 is 10.9 Å². The second kappa shape index (κ2) is 9.86. The number of ether oxygens (including phenoxy) is 3. The fourth-order valence-electron chi connectivity index (χ4n) is 4.44. The predicted octanol–water partition coefficient (Wildman–Crippen LogP) is 5.46. The van der Waals surface area contributed by atoms with Crippen LogP contribution in [0.5, 0.6) is 11.5 Å². The highest BCUT2D eigenvalue weighted by atomic mass is 32.1. The Morgan fingerprint density at radius 2 is 1.84 bits per heavy atom. The number of non-ortho nitro benzene ring substituents is 1. The minimum absolute atomic E-state index is 0.0864. The van der Waals surface area contributed by atoms with Gasteiger partial charge in [0, 0.05) is 28.6 Å². The molecule has 188 valence electrons. The normalized spacial score (nSPS) is 11.1. The lowest BCUT2D eigenvalue weighted by atomic mass is 10.0. The molecule has 0 aliphatic rings. The number of carbonyl (C=O) groups excluding carboxylic acids is 1. The van der Waals surface area contributed by atoms with Gasteiger partial charge < -0.3 is 18.8 Å². The maximum atomic E-state index is 13.5. The first-order valence-electron chi connectivity index (χ1n) is 11.4. The predicted molar refractivity (Wildman–Crippen MR) is 140 cm³/mol. The van der Waals surface area contributed by atoms with Crippen molar-refractivity contribution >= 4 is 45.3 Å². The van der Waals surface area contributed by atoms with Crippen molar-refractivity contribution in [3.8, 4) is 22.6 Å². The summed E-state index contributed by atoms with van der Waals surface area (Å²) in [6, 6.07) is 15.4. The van der Waals surface area contributed by atoms with Gasteiger partial charge in [0.25, 0.3) is 5.69 Å². The number of hydrogen-bond donors (Lipinski definition) is 0. The van der Waals surface area contributed by atoms with E-state index in [1.54, 1.807) is 43.9 Å². The second-order valence-electron chi connectivity index (χ2n) is 8.13. The van der Waals surface area contributed by atoms with Crippen LogP contribution in [0.4, 0.5) is 5.69 Å². The molecule has 0 amide bonds. The number of methoxy groups -OCH3 is 2. The van der Waals surface area contributed by atoms with E-state index in [0.717, 1.165) is 22.8 Å². The molecule has 2 heterocycles. The first-order chi connectivity index (χ1) is 17.9. The van der Waals surface area contributed by atoms with Gasteiger partial charge in [0.1, 0.15) is 28.2 Å². The van der Waals surface area contributed by atoms with E-state index in [1.165, 1.54) is 12.1 Å². The maximum absolute atomic E-state index is 13.5. The van der Waals surface area contributed by atoms with Gasteiger partial charge in [0.05, 0.1) is 49.5 Å². The Labute approximate surface area is 215 Å². The van der Waals surface area contributed by atoms with Gasteiger partial charge in [-0.1, -0.05) is 6.07 Å². The molecule has 0 saturated heterocycles. The Morgan fingerprint density at radius 3 is 2.57 bits per heavy atom. The number of nitro groups is 1. The number of fused-ring (bicyclic) bond motifs is 2. The van der Waals surface area contributed by atoms with Crippen LogP contribution in [0.25, 0.3) is 33.1 Å². The van der Waals surface area contributed by atoms with Gasteiger partial charge in [-0.25, -0.2) is 4.79 Å². The van der Waals surface area contributed by atoms with Crippen molar-refractivity contribution in [1.82, 2.24) is 13.3 Å². The summed E-state index contributed by atoms with van der Waals surface area (Å²) in [6.45, 7) is 2.12.